The highest BCUT2D eigenvalue weighted by atomic mass is 19.4. The summed E-state index contributed by atoms with van der Waals surface area (Å²) in [6, 6.07) is 0. The molecule has 1 saturated heterocycles. The number of allylic oxidation sites excluding steroid dienone is 1. The van der Waals surface area contributed by atoms with Crippen molar-refractivity contribution in [2.24, 2.45) is 0 Å². The van der Waals surface area contributed by atoms with Crippen LogP contribution in [0.1, 0.15) is 0 Å². The summed E-state index contributed by atoms with van der Waals surface area (Å²) in [5, 5.41) is 0. The Morgan fingerprint density at radius 2 is 2.14 bits per heavy atom. The quantitative estimate of drug-likeness (QED) is 0.607. The van der Waals surface area contributed by atoms with Crippen LogP contribution >= 0.6 is 0 Å². The van der Waals surface area contributed by atoms with E-state index in [0.717, 1.165) is 0 Å². The molecule has 14 heavy (non-hydrogen) atoms. The van der Waals surface area contributed by atoms with Gasteiger partial charge in [-0.3, -0.25) is 4.79 Å². The van der Waals surface area contributed by atoms with Crippen LogP contribution in [0.5, 0.6) is 0 Å². The van der Waals surface area contributed by atoms with Gasteiger partial charge in [0.05, 0.1) is 6.54 Å². The summed E-state index contributed by atoms with van der Waals surface area (Å²) in [4.78, 5) is 22.2. The number of hydrogen-bond acceptors (Lipinski definition) is 3. The molecule has 0 aliphatic carbocycles. The average Bonchev–Trinajstić information content (AvgIpc) is 2.46. The maximum atomic E-state index is 11.6. The van der Waals surface area contributed by atoms with Crippen LogP contribution in [0.3, 0.4) is 0 Å². The van der Waals surface area contributed by atoms with E-state index in [0.29, 0.717) is 11.0 Å². The number of carbonyl (C=O) groups excluding carboxylic acids is 2. The predicted molar refractivity (Wildman–Crippen MR) is 38.3 cm³/mol. The van der Waals surface area contributed by atoms with Crippen molar-refractivity contribution in [2.45, 2.75) is 6.18 Å². The third-order valence-electron chi connectivity index (χ3n) is 1.44. The van der Waals surface area contributed by atoms with Crippen molar-refractivity contribution in [1.82, 2.24) is 4.90 Å². The average molecular weight is 209 g/mol. The van der Waals surface area contributed by atoms with Gasteiger partial charge in [-0.1, -0.05) is 0 Å². The van der Waals surface area contributed by atoms with Crippen LogP contribution in [0.4, 0.5) is 18.0 Å². The van der Waals surface area contributed by atoms with Gasteiger partial charge in [0.1, 0.15) is 6.61 Å². The van der Waals surface area contributed by atoms with E-state index in [2.05, 4.69) is 4.74 Å². The molecule has 0 aromatic heterocycles. The number of imide groups is 1. The summed E-state index contributed by atoms with van der Waals surface area (Å²) in [5.41, 5.74) is 0. The standard InChI is InChI=1S/C7H6F3NO3/c8-7(9,10)2-1-5(12)11-3-4-14-6(11)13/h1-2H,3-4H2/b2-1+. The molecule has 1 fully saturated rings. The lowest BCUT2D eigenvalue weighted by Gasteiger charge is -2.06. The molecular weight excluding hydrogens is 203 g/mol. The van der Waals surface area contributed by atoms with Crippen molar-refractivity contribution in [3.63, 3.8) is 0 Å². The van der Waals surface area contributed by atoms with Crippen LogP contribution < -0.4 is 0 Å². The third-order valence-corrected chi connectivity index (χ3v) is 1.44. The van der Waals surface area contributed by atoms with Crippen LogP contribution in [0.15, 0.2) is 12.2 Å². The maximum Gasteiger partial charge on any atom is 0.416 e. The minimum atomic E-state index is -4.56. The number of nitrogens with zero attached hydrogens (tertiary/aromatic N) is 1. The first-order chi connectivity index (χ1) is 6.40. The van der Waals surface area contributed by atoms with Crippen molar-refractivity contribution in [3.8, 4) is 0 Å². The number of ether oxygens (including phenoxy) is 1. The van der Waals surface area contributed by atoms with Gasteiger partial charge in [0, 0.05) is 12.2 Å². The molecule has 0 unspecified atom stereocenters. The number of halogens is 3. The fraction of sp³-hybridized carbons (Fsp3) is 0.429. The second-order valence-electron chi connectivity index (χ2n) is 2.48. The van der Waals surface area contributed by atoms with Crippen molar-refractivity contribution in [1.29, 1.82) is 0 Å². The van der Waals surface area contributed by atoms with Gasteiger partial charge in [-0.15, -0.1) is 0 Å². The van der Waals surface area contributed by atoms with Crippen LogP contribution in [0.2, 0.25) is 0 Å². The van der Waals surface area contributed by atoms with Crippen molar-refractivity contribution in [3.05, 3.63) is 12.2 Å². The summed E-state index contributed by atoms with van der Waals surface area (Å²) >= 11 is 0. The zero-order valence-electron chi connectivity index (χ0n) is 6.87. The molecule has 0 spiro atoms. The Labute approximate surface area is 76.9 Å². The lowest BCUT2D eigenvalue weighted by molar-refractivity contribution is -0.123. The van der Waals surface area contributed by atoms with E-state index in [-0.39, 0.29) is 19.2 Å². The highest BCUT2D eigenvalue weighted by Crippen LogP contribution is 2.16. The van der Waals surface area contributed by atoms with Crippen molar-refractivity contribution in [2.75, 3.05) is 13.2 Å². The molecule has 1 aliphatic heterocycles. The van der Waals surface area contributed by atoms with Gasteiger partial charge in [0.25, 0.3) is 5.91 Å². The van der Waals surface area contributed by atoms with Gasteiger partial charge >= 0.3 is 12.3 Å². The highest BCUT2D eigenvalue weighted by Gasteiger charge is 2.28. The van der Waals surface area contributed by atoms with Gasteiger partial charge in [0.15, 0.2) is 0 Å². The van der Waals surface area contributed by atoms with Crippen molar-refractivity contribution >= 4 is 12.0 Å². The molecule has 0 radical (unpaired) electrons. The zero-order valence-corrected chi connectivity index (χ0v) is 6.87. The molecule has 78 valence electrons. The highest BCUT2D eigenvalue weighted by molar-refractivity contribution is 5.99. The Morgan fingerprint density at radius 1 is 1.50 bits per heavy atom. The van der Waals surface area contributed by atoms with E-state index in [1.165, 1.54) is 0 Å². The molecule has 1 rings (SSSR count). The van der Waals surface area contributed by atoms with E-state index in [4.69, 9.17) is 0 Å². The summed E-state index contributed by atoms with van der Waals surface area (Å²) in [6.45, 7) is 0.00426. The van der Waals surface area contributed by atoms with E-state index in [1.54, 1.807) is 0 Å². The molecule has 0 bridgehead atoms. The number of amides is 2. The molecule has 0 N–H and O–H groups in total. The summed E-state index contributed by atoms with van der Waals surface area (Å²) < 4.78 is 39.2. The van der Waals surface area contributed by atoms with Crippen molar-refractivity contribution < 1.29 is 27.5 Å². The number of hydrogen-bond donors (Lipinski definition) is 0. The Hall–Kier alpha value is -1.53. The number of cyclic esters (lactones) is 1. The molecule has 1 aliphatic rings. The second kappa shape index (κ2) is 3.69. The molecule has 2 amide bonds. The smallest absolute Gasteiger partial charge is 0.416 e. The molecule has 7 heteroatoms. The third kappa shape index (κ3) is 2.75. The fourth-order valence-corrected chi connectivity index (χ4v) is 0.849. The Bertz CT molecular complexity index is 284. The van der Waals surface area contributed by atoms with Crippen LogP contribution in [0, 0.1) is 0 Å². The number of alkyl halides is 3. The summed E-state index contributed by atoms with van der Waals surface area (Å²) in [5.74, 6) is -1.02. The lowest BCUT2D eigenvalue weighted by Crippen LogP contribution is -2.30. The van der Waals surface area contributed by atoms with Crippen LogP contribution in [-0.2, 0) is 9.53 Å². The Balaban J connectivity index is 2.58. The van der Waals surface area contributed by atoms with Crippen LogP contribution in [0.25, 0.3) is 0 Å². The van der Waals surface area contributed by atoms with Gasteiger partial charge < -0.3 is 4.74 Å². The van der Waals surface area contributed by atoms with E-state index in [9.17, 15) is 22.8 Å². The first-order valence-electron chi connectivity index (χ1n) is 3.64. The van der Waals surface area contributed by atoms with Gasteiger partial charge in [-0.25, -0.2) is 9.69 Å². The zero-order chi connectivity index (χ0) is 10.8. The maximum absolute atomic E-state index is 11.6. The summed E-state index contributed by atoms with van der Waals surface area (Å²) in [6.07, 6.45) is -5.39. The van der Waals surface area contributed by atoms with E-state index < -0.39 is 18.2 Å². The minimum Gasteiger partial charge on any atom is -0.447 e. The molecule has 1 heterocycles. The monoisotopic (exact) mass is 209 g/mol. The van der Waals surface area contributed by atoms with Gasteiger partial charge in [-0.05, 0) is 0 Å². The second-order valence-corrected chi connectivity index (χ2v) is 2.48. The normalized spacial score (nSPS) is 17.6. The molecule has 0 saturated carbocycles. The van der Waals surface area contributed by atoms with Crippen LogP contribution in [-0.4, -0.2) is 36.2 Å². The SMILES string of the molecule is O=C(/C=C/C(F)(F)F)N1CCOC1=O. The van der Waals surface area contributed by atoms with E-state index >= 15 is 0 Å². The minimum absolute atomic E-state index is 0.0140. The topological polar surface area (TPSA) is 46.6 Å². The first-order valence-corrected chi connectivity index (χ1v) is 3.64. The van der Waals surface area contributed by atoms with Gasteiger partial charge in [-0.2, -0.15) is 13.2 Å². The molecule has 0 aromatic carbocycles. The predicted octanol–water partition coefficient (Wildman–Crippen LogP) is 1.08. The largest absolute Gasteiger partial charge is 0.447 e. The van der Waals surface area contributed by atoms with E-state index in [1.807, 2.05) is 0 Å². The number of rotatable bonds is 1. The Kier molecular flexibility index (Phi) is 2.78. The fourth-order valence-electron chi connectivity index (χ4n) is 0.849. The Morgan fingerprint density at radius 3 is 2.57 bits per heavy atom. The molecule has 0 aromatic rings. The number of carbonyl (C=O) groups is 2. The lowest BCUT2D eigenvalue weighted by atomic mass is 10.4. The first kappa shape index (κ1) is 10.6. The molecule has 4 nitrogen and oxygen atoms in total. The molecular formula is C7H6F3NO3. The van der Waals surface area contributed by atoms with Gasteiger partial charge in [0.2, 0.25) is 0 Å². The summed E-state index contributed by atoms with van der Waals surface area (Å²) in [7, 11) is 0. The molecule has 0 atom stereocenters.